The molecular formula is C22H27N3O3S. The minimum Gasteiger partial charge on any atom is -0.497 e. The number of hydrogen-bond donors (Lipinski definition) is 0. The van der Waals surface area contributed by atoms with Gasteiger partial charge in [-0.05, 0) is 54.0 Å². The van der Waals surface area contributed by atoms with E-state index in [1.807, 2.05) is 29.2 Å². The second kappa shape index (κ2) is 8.06. The summed E-state index contributed by atoms with van der Waals surface area (Å²) < 4.78 is 5.29. The molecule has 1 aromatic heterocycles. The molecule has 1 atom stereocenters. The first-order valence-corrected chi connectivity index (χ1v) is 10.8. The molecule has 1 aromatic carbocycles. The summed E-state index contributed by atoms with van der Waals surface area (Å²) in [5.74, 6) is 0.800. The molecule has 0 radical (unpaired) electrons. The molecule has 2 aromatic rings. The van der Waals surface area contributed by atoms with E-state index in [-0.39, 0.29) is 30.6 Å². The molecule has 0 saturated heterocycles. The standard InChI is InChI=1S/C22H27N3O3S/c1-23(2)22(27)25(16-6-7-16)14-20(26)24-12-10-19-18(11-13-29-19)21(24)15-4-8-17(28-3)9-5-15/h4-5,8-9,11,13,16,21H,6-7,10,12,14H2,1-3H3/t21-/m1/s1. The molecule has 3 amide bonds. The number of amides is 3. The minimum absolute atomic E-state index is 0.00441. The fourth-order valence-corrected chi connectivity index (χ4v) is 4.87. The van der Waals surface area contributed by atoms with Crippen LogP contribution in [-0.2, 0) is 11.2 Å². The molecule has 4 rings (SSSR count). The van der Waals surface area contributed by atoms with E-state index in [9.17, 15) is 9.59 Å². The second-order valence-electron chi connectivity index (χ2n) is 7.85. The number of ether oxygens (including phenoxy) is 1. The summed E-state index contributed by atoms with van der Waals surface area (Å²) in [6.45, 7) is 0.797. The van der Waals surface area contributed by atoms with Crippen molar-refractivity contribution in [3.63, 3.8) is 0 Å². The van der Waals surface area contributed by atoms with Gasteiger partial charge < -0.3 is 19.4 Å². The lowest BCUT2D eigenvalue weighted by Gasteiger charge is -2.38. The maximum Gasteiger partial charge on any atom is 0.320 e. The van der Waals surface area contributed by atoms with Crippen LogP contribution in [0.1, 0.15) is 34.9 Å². The maximum absolute atomic E-state index is 13.4. The highest BCUT2D eigenvalue weighted by Crippen LogP contribution is 2.38. The molecule has 154 valence electrons. The Bertz CT molecular complexity index is 889. The molecule has 6 nitrogen and oxygen atoms in total. The predicted octanol–water partition coefficient (Wildman–Crippen LogP) is 3.38. The van der Waals surface area contributed by atoms with E-state index in [0.717, 1.165) is 30.6 Å². The van der Waals surface area contributed by atoms with Crippen LogP contribution in [0.2, 0.25) is 0 Å². The van der Waals surface area contributed by atoms with Gasteiger partial charge in [0.2, 0.25) is 5.91 Å². The smallest absolute Gasteiger partial charge is 0.320 e. The minimum atomic E-state index is -0.126. The lowest BCUT2D eigenvalue weighted by molar-refractivity contribution is -0.134. The van der Waals surface area contributed by atoms with Crippen molar-refractivity contribution in [3.8, 4) is 5.75 Å². The van der Waals surface area contributed by atoms with Crippen molar-refractivity contribution in [1.29, 1.82) is 0 Å². The molecule has 1 aliphatic heterocycles. The van der Waals surface area contributed by atoms with Gasteiger partial charge in [-0.1, -0.05) is 12.1 Å². The fraction of sp³-hybridized carbons (Fsp3) is 0.455. The van der Waals surface area contributed by atoms with Crippen LogP contribution < -0.4 is 4.74 Å². The molecule has 1 fully saturated rings. The first-order valence-electron chi connectivity index (χ1n) is 9.97. The Morgan fingerprint density at radius 1 is 1.17 bits per heavy atom. The highest BCUT2D eigenvalue weighted by molar-refractivity contribution is 7.10. The Labute approximate surface area is 175 Å². The Morgan fingerprint density at radius 2 is 1.90 bits per heavy atom. The third-order valence-electron chi connectivity index (χ3n) is 5.64. The van der Waals surface area contributed by atoms with E-state index in [0.29, 0.717) is 6.54 Å². The van der Waals surface area contributed by atoms with Gasteiger partial charge in [0.25, 0.3) is 0 Å². The molecule has 29 heavy (non-hydrogen) atoms. The number of benzene rings is 1. The zero-order chi connectivity index (χ0) is 20.5. The van der Waals surface area contributed by atoms with Crippen LogP contribution in [0.5, 0.6) is 5.75 Å². The molecule has 1 saturated carbocycles. The number of urea groups is 1. The average Bonchev–Trinajstić information content (AvgIpc) is 3.46. The molecule has 0 unspecified atom stereocenters. The van der Waals surface area contributed by atoms with Crippen LogP contribution >= 0.6 is 11.3 Å². The Hall–Kier alpha value is -2.54. The van der Waals surface area contributed by atoms with Gasteiger partial charge in [0, 0.05) is 31.6 Å². The van der Waals surface area contributed by atoms with Crippen LogP contribution in [0.4, 0.5) is 4.79 Å². The van der Waals surface area contributed by atoms with Crippen molar-refractivity contribution in [3.05, 3.63) is 51.7 Å². The zero-order valence-corrected chi connectivity index (χ0v) is 17.9. The largest absolute Gasteiger partial charge is 0.497 e. The SMILES string of the molecule is COc1ccc([C@@H]2c3ccsc3CCN2C(=O)CN(C(=O)N(C)C)C2CC2)cc1. The number of nitrogens with zero attached hydrogens (tertiary/aromatic N) is 3. The van der Waals surface area contributed by atoms with Crippen molar-refractivity contribution >= 4 is 23.3 Å². The average molecular weight is 414 g/mol. The molecule has 2 aliphatic rings. The Balaban J connectivity index is 1.62. The monoisotopic (exact) mass is 413 g/mol. The number of carbonyl (C=O) groups is 2. The number of methoxy groups -OCH3 is 1. The van der Waals surface area contributed by atoms with Crippen molar-refractivity contribution in [2.75, 3.05) is 34.3 Å². The van der Waals surface area contributed by atoms with Gasteiger partial charge in [0.15, 0.2) is 0 Å². The van der Waals surface area contributed by atoms with Crippen LogP contribution in [0.25, 0.3) is 0 Å². The van der Waals surface area contributed by atoms with Crippen LogP contribution in [-0.4, -0.2) is 67.0 Å². The van der Waals surface area contributed by atoms with Crippen molar-refractivity contribution in [2.24, 2.45) is 0 Å². The summed E-state index contributed by atoms with van der Waals surface area (Å²) in [7, 11) is 5.12. The highest BCUT2D eigenvalue weighted by Gasteiger charge is 2.38. The fourth-order valence-electron chi connectivity index (χ4n) is 3.96. The van der Waals surface area contributed by atoms with E-state index in [4.69, 9.17) is 4.74 Å². The molecule has 2 heterocycles. The summed E-state index contributed by atoms with van der Waals surface area (Å²) >= 11 is 1.75. The normalized spacial score (nSPS) is 18.2. The lowest BCUT2D eigenvalue weighted by atomic mass is 9.93. The van der Waals surface area contributed by atoms with Gasteiger partial charge in [-0.2, -0.15) is 0 Å². The van der Waals surface area contributed by atoms with Crippen LogP contribution in [0, 0.1) is 0 Å². The topological polar surface area (TPSA) is 53.1 Å². The van der Waals surface area contributed by atoms with Gasteiger partial charge in [-0.25, -0.2) is 4.79 Å². The Kier molecular flexibility index (Phi) is 5.50. The second-order valence-corrected chi connectivity index (χ2v) is 8.85. The summed E-state index contributed by atoms with van der Waals surface area (Å²) in [6.07, 6.45) is 2.81. The molecular weight excluding hydrogens is 386 g/mol. The molecule has 0 spiro atoms. The summed E-state index contributed by atoms with van der Waals surface area (Å²) in [4.78, 5) is 32.5. The quantitative estimate of drug-likeness (QED) is 0.755. The number of carbonyl (C=O) groups excluding carboxylic acids is 2. The number of fused-ring (bicyclic) bond motifs is 1. The van der Waals surface area contributed by atoms with Crippen molar-refractivity contribution in [1.82, 2.24) is 14.7 Å². The molecule has 7 heteroatoms. The van der Waals surface area contributed by atoms with Gasteiger partial charge >= 0.3 is 6.03 Å². The first-order chi connectivity index (χ1) is 14.0. The van der Waals surface area contributed by atoms with Gasteiger partial charge in [0.05, 0.1) is 13.2 Å². The third-order valence-corrected chi connectivity index (χ3v) is 6.64. The molecule has 0 bridgehead atoms. The van der Waals surface area contributed by atoms with E-state index < -0.39 is 0 Å². The van der Waals surface area contributed by atoms with Crippen LogP contribution in [0.3, 0.4) is 0 Å². The van der Waals surface area contributed by atoms with Crippen LogP contribution in [0.15, 0.2) is 35.7 Å². The maximum atomic E-state index is 13.4. The summed E-state index contributed by atoms with van der Waals surface area (Å²) in [5, 5.41) is 2.10. The van der Waals surface area contributed by atoms with Gasteiger partial charge in [-0.15, -0.1) is 11.3 Å². The number of hydrogen-bond acceptors (Lipinski definition) is 4. The van der Waals surface area contributed by atoms with Crippen molar-refractivity contribution in [2.45, 2.75) is 31.3 Å². The third kappa shape index (κ3) is 3.96. The predicted molar refractivity (Wildman–Crippen MR) is 113 cm³/mol. The van der Waals surface area contributed by atoms with Crippen molar-refractivity contribution < 1.29 is 14.3 Å². The summed E-state index contributed by atoms with van der Waals surface area (Å²) in [5.41, 5.74) is 2.26. The molecule has 0 N–H and O–H groups in total. The van der Waals surface area contributed by atoms with E-state index >= 15 is 0 Å². The van der Waals surface area contributed by atoms with E-state index in [1.165, 1.54) is 10.4 Å². The van der Waals surface area contributed by atoms with Gasteiger partial charge in [-0.3, -0.25) is 4.79 Å². The number of rotatable bonds is 5. The highest BCUT2D eigenvalue weighted by atomic mass is 32.1. The zero-order valence-electron chi connectivity index (χ0n) is 17.1. The first kappa shape index (κ1) is 19.8. The molecule has 1 aliphatic carbocycles. The summed E-state index contributed by atoms with van der Waals surface area (Å²) in [6, 6.07) is 10.0. The van der Waals surface area contributed by atoms with E-state index in [2.05, 4.69) is 11.4 Å². The lowest BCUT2D eigenvalue weighted by Crippen LogP contribution is -2.49. The Morgan fingerprint density at radius 3 is 2.52 bits per heavy atom. The van der Waals surface area contributed by atoms with E-state index in [1.54, 1.807) is 42.3 Å². The number of thiophene rings is 1. The van der Waals surface area contributed by atoms with Gasteiger partial charge in [0.1, 0.15) is 12.3 Å².